The lowest BCUT2D eigenvalue weighted by Crippen LogP contribution is -2.52. The number of imide groups is 1. The Morgan fingerprint density at radius 1 is 1.03 bits per heavy atom. The Labute approximate surface area is 174 Å². The molecular formula is C22H24N4O4. The van der Waals surface area contributed by atoms with Gasteiger partial charge in [0.25, 0.3) is 5.91 Å². The predicted octanol–water partition coefficient (Wildman–Crippen LogP) is 1.34. The van der Waals surface area contributed by atoms with Crippen LogP contribution in [0.5, 0.6) is 0 Å². The van der Waals surface area contributed by atoms with Gasteiger partial charge in [-0.3, -0.25) is 14.5 Å². The zero-order chi connectivity index (χ0) is 21.1. The predicted molar refractivity (Wildman–Crippen MR) is 109 cm³/mol. The van der Waals surface area contributed by atoms with E-state index < -0.39 is 18.1 Å². The van der Waals surface area contributed by atoms with E-state index in [4.69, 9.17) is 10.5 Å². The first-order valence-electron chi connectivity index (χ1n) is 9.88. The van der Waals surface area contributed by atoms with Crippen LogP contribution < -0.4 is 5.73 Å². The summed E-state index contributed by atoms with van der Waals surface area (Å²) in [7, 11) is 0. The molecule has 2 heterocycles. The van der Waals surface area contributed by atoms with Crippen molar-refractivity contribution in [3.63, 3.8) is 0 Å². The molecule has 2 aliphatic rings. The third-order valence-corrected chi connectivity index (χ3v) is 5.41. The Kier molecular flexibility index (Phi) is 5.78. The zero-order valence-electron chi connectivity index (χ0n) is 16.5. The molecule has 4 amide bonds. The van der Waals surface area contributed by atoms with Gasteiger partial charge in [0, 0.05) is 19.6 Å². The van der Waals surface area contributed by atoms with E-state index in [1.165, 1.54) is 4.90 Å². The summed E-state index contributed by atoms with van der Waals surface area (Å²) in [4.78, 5) is 42.8. The second kappa shape index (κ2) is 8.64. The summed E-state index contributed by atoms with van der Waals surface area (Å²) in [5, 5.41) is 0. The average molecular weight is 408 g/mol. The van der Waals surface area contributed by atoms with E-state index in [0.29, 0.717) is 19.7 Å². The summed E-state index contributed by atoms with van der Waals surface area (Å²) in [5.74, 6) is -0.823. The van der Waals surface area contributed by atoms with Crippen molar-refractivity contribution in [2.24, 2.45) is 5.73 Å². The molecule has 30 heavy (non-hydrogen) atoms. The van der Waals surface area contributed by atoms with Crippen LogP contribution in [0.15, 0.2) is 60.7 Å². The SMILES string of the molecule is NC(=O)C1CN(CN2C(=O)C(c3ccccc3)N(Cc3ccccc3)C2=O)CCO1. The molecule has 0 saturated carbocycles. The lowest BCUT2D eigenvalue weighted by molar-refractivity contribution is -0.137. The van der Waals surface area contributed by atoms with Gasteiger partial charge >= 0.3 is 6.03 Å². The first-order valence-corrected chi connectivity index (χ1v) is 9.88. The van der Waals surface area contributed by atoms with Crippen molar-refractivity contribution >= 4 is 17.8 Å². The van der Waals surface area contributed by atoms with Gasteiger partial charge in [0.15, 0.2) is 0 Å². The second-order valence-electron chi connectivity index (χ2n) is 7.46. The van der Waals surface area contributed by atoms with Crippen molar-refractivity contribution in [3.8, 4) is 0 Å². The number of nitrogens with zero attached hydrogens (tertiary/aromatic N) is 3. The summed E-state index contributed by atoms with van der Waals surface area (Å²) in [6, 6.07) is 17.9. The number of amides is 4. The molecule has 2 fully saturated rings. The molecule has 0 spiro atoms. The maximum absolute atomic E-state index is 13.3. The number of primary amides is 1. The van der Waals surface area contributed by atoms with Crippen molar-refractivity contribution in [1.29, 1.82) is 0 Å². The summed E-state index contributed by atoms with van der Waals surface area (Å²) >= 11 is 0. The number of hydrogen-bond donors (Lipinski definition) is 1. The first kappa shape index (κ1) is 20.1. The van der Waals surface area contributed by atoms with Gasteiger partial charge in [-0.05, 0) is 11.1 Å². The highest BCUT2D eigenvalue weighted by Gasteiger charge is 2.46. The number of hydrogen-bond acceptors (Lipinski definition) is 5. The molecule has 0 radical (unpaired) electrons. The number of morpholine rings is 1. The van der Waals surface area contributed by atoms with Gasteiger partial charge in [-0.2, -0.15) is 0 Å². The summed E-state index contributed by atoms with van der Waals surface area (Å²) in [5.41, 5.74) is 7.07. The van der Waals surface area contributed by atoms with Crippen molar-refractivity contribution < 1.29 is 19.1 Å². The minimum Gasteiger partial charge on any atom is -0.367 e. The van der Waals surface area contributed by atoms with Gasteiger partial charge in [0.05, 0.1) is 13.3 Å². The minimum absolute atomic E-state index is 0.0967. The highest BCUT2D eigenvalue weighted by Crippen LogP contribution is 2.32. The molecule has 8 heteroatoms. The number of nitrogens with two attached hydrogens (primary N) is 1. The standard InChI is InChI=1S/C22H24N4O4/c23-20(27)18-14-24(11-12-30-18)15-26-21(28)19(17-9-5-2-6-10-17)25(22(26)29)13-16-7-3-1-4-8-16/h1-10,18-19H,11-15H2,(H2,23,27). The quantitative estimate of drug-likeness (QED) is 0.728. The second-order valence-corrected chi connectivity index (χ2v) is 7.46. The number of rotatable bonds is 6. The van der Waals surface area contributed by atoms with Crippen molar-refractivity contribution in [3.05, 3.63) is 71.8 Å². The van der Waals surface area contributed by atoms with Crippen LogP contribution in [0.2, 0.25) is 0 Å². The van der Waals surface area contributed by atoms with E-state index >= 15 is 0 Å². The van der Waals surface area contributed by atoms with E-state index in [-0.39, 0.29) is 25.2 Å². The van der Waals surface area contributed by atoms with Crippen LogP contribution in [0.4, 0.5) is 4.79 Å². The Morgan fingerprint density at radius 2 is 1.70 bits per heavy atom. The van der Waals surface area contributed by atoms with Gasteiger partial charge in [-0.25, -0.2) is 9.69 Å². The number of carbonyl (C=O) groups excluding carboxylic acids is 3. The van der Waals surface area contributed by atoms with Crippen LogP contribution in [-0.2, 0) is 20.9 Å². The molecule has 2 N–H and O–H groups in total. The van der Waals surface area contributed by atoms with Crippen molar-refractivity contribution in [2.45, 2.75) is 18.7 Å². The van der Waals surface area contributed by atoms with Crippen LogP contribution in [0.25, 0.3) is 0 Å². The summed E-state index contributed by atoms with van der Waals surface area (Å²) < 4.78 is 5.36. The molecule has 2 unspecified atom stereocenters. The van der Waals surface area contributed by atoms with Crippen molar-refractivity contribution in [2.75, 3.05) is 26.4 Å². The maximum Gasteiger partial charge on any atom is 0.329 e. The maximum atomic E-state index is 13.3. The average Bonchev–Trinajstić information content (AvgIpc) is 2.99. The number of carbonyl (C=O) groups is 3. The highest BCUT2D eigenvalue weighted by molar-refractivity contribution is 6.04. The topological polar surface area (TPSA) is 96.2 Å². The Morgan fingerprint density at radius 3 is 2.37 bits per heavy atom. The lowest BCUT2D eigenvalue weighted by Gasteiger charge is -2.33. The summed E-state index contributed by atoms with van der Waals surface area (Å²) in [6.07, 6.45) is -0.739. The zero-order valence-corrected chi connectivity index (χ0v) is 16.5. The Balaban J connectivity index is 1.58. The fourth-order valence-corrected chi connectivity index (χ4v) is 3.87. The molecule has 4 rings (SSSR count). The monoisotopic (exact) mass is 408 g/mol. The van der Waals surface area contributed by atoms with Gasteiger partial charge in [0.2, 0.25) is 5.91 Å². The molecule has 2 atom stereocenters. The lowest BCUT2D eigenvalue weighted by atomic mass is 10.1. The first-order chi connectivity index (χ1) is 14.5. The molecule has 0 aromatic heterocycles. The van der Waals surface area contributed by atoms with E-state index in [0.717, 1.165) is 11.1 Å². The van der Waals surface area contributed by atoms with E-state index in [9.17, 15) is 14.4 Å². The highest BCUT2D eigenvalue weighted by atomic mass is 16.5. The largest absolute Gasteiger partial charge is 0.367 e. The van der Waals surface area contributed by atoms with Gasteiger partial charge in [-0.15, -0.1) is 0 Å². The van der Waals surface area contributed by atoms with Crippen LogP contribution in [-0.4, -0.2) is 65.0 Å². The number of benzene rings is 2. The fourth-order valence-electron chi connectivity index (χ4n) is 3.87. The van der Waals surface area contributed by atoms with E-state index in [2.05, 4.69) is 0 Å². The number of ether oxygens (including phenoxy) is 1. The third-order valence-electron chi connectivity index (χ3n) is 5.41. The molecule has 2 aromatic carbocycles. The van der Waals surface area contributed by atoms with Crippen LogP contribution >= 0.6 is 0 Å². The smallest absolute Gasteiger partial charge is 0.329 e. The van der Waals surface area contributed by atoms with Gasteiger partial charge < -0.3 is 15.4 Å². The molecule has 2 aromatic rings. The van der Waals surface area contributed by atoms with Crippen molar-refractivity contribution in [1.82, 2.24) is 14.7 Å². The molecule has 2 aliphatic heterocycles. The van der Waals surface area contributed by atoms with E-state index in [1.54, 1.807) is 4.90 Å². The number of urea groups is 1. The van der Waals surface area contributed by atoms with E-state index in [1.807, 2.05) is 65.6 Å². The molecule has 156 valence electrons. The third kappa shape index (κ3) is 4.05. The van der Waals surface area contributed by atoms with Gasteiger partial charge in [0.1, 0.15) is 12.1 Å². The minimum atomic E-state index is -0.739. The van der Waals surface area contributed by atoms with Crippen LogP contribution in [0.1, 0.15) is 17.2 Å². The fraction of sp³-hybridized carbons (Fsp3) is 0.318. The molecular weight excluding hydrogens is 384 g/mol. The Bertz CT molecular complexity index is 921. The van der Waals surface area contributed by atoms with Gasteiger partial charge in [-0.1, -0.05) is 60.7 Å². The van der Waals surface area contributed by atoms with Crippen LogP contribution in [0, 0.1) is 0 Å². The molecule has 0 aliphatic carbocycles. The molecule has 8 nitrogen and oxygen atoms in total. The Hall–Kier alpha value is -3.23. The molecule has 2 saturated heterocycles. The molecule has 0 bridgehead atoms. The van der Waals surface area contributed by atoms with Crippen LogP contribution in [0.3, 0.4) is 0 Å². The normalized spacial score (nSPS) is 22.5. The summed E-state index contributed by atoms with van der Waals surface area (Å²) in [6.45, 7) is 1.50.